The zero-order chi connectivity index (χ0) is 14.7. The highest BCUT2D eigenvalue weighted by molar-refractivity contribution is 5.83. The summed E-state index contributed by atoms with van der Waals surface area (Å²) >= 11 is 0. The summed E-state index contributed by atoms with van der Waals surface area (Å²) in [6.45, 7) is 2.96. The quantitative estimate of drug-likeness (QED) is 0.769. The molecule has 2 N–H and O–H groups in total. The first-order valence-corrected chi connectivity index (χ1v) is 7.43. The molecule has 3 rings (SSSR count). The molecule has 0 aliphatic rings. The van der Waals surface area contributed by atoms with Crippen molar-refractivity contribution in [2.75, 3.05) is 6.54 Å². The van der Waals surface area contributed by atoms with Gasteiger partial charge in [-0.05, 0) is 42.1 Å². The Kier molecular flexibility index (Phi) is 3.98. The van der Waals surface area contributed by atoms with Crippen molar-refractivity contribution in [3.05, 3.63) is 66.4 Å². The van der Waals surface area contributed by atoms with Crippen molar-refractivity contribution in [3.63, 3.8) is 0 Å². The van der Waals surface area contributed by atoms with E-state index in [1.165, 1.54) is 16.5 Å². The lowest BCUT2D eigenvalue weighted by Gasteiger charge is -2.11. The van der Waals surface area contributed by atoms with Crippen LogP contribution in [0.3, 0.4) is 0 Å². The molecule has 21 heavy (non-hydrogen) atoms. The Morgan fingerprint density at radius 2 is 1.76 bits per heavy atom. The van der Waals surface area contributed by atoms with E-state index in [0.29, 0.717) is 5.92 Å². The number of benzene rings is 2. The molecule has 2 aromatic carbocycles. The van der Waals surface area contributed by atoms with Crippen LogP contribution in [-0.2, 0) is 0 Å². The standard InChI is InChI=1S/C19H20N2/c1-14(10-11-20)15-6-8-16(9-7-15)18-12-17-4-2-3-5-19(17)21-13-18/h2-9,12-14H,10-11,20H2,1H3. The Morgan fingerprint density at radius 3 is 2.52 bits per heavy atom. The van der Waals surface area contributed by atoms with Crippen LogP contribution in [0.5, 0.6) is 0 Å². The van der Waals surface area contributed by atoms with Gasteiger partial charge in [-0.2, -0.15) is 0 Å². The third kappa shape index (κ3) is 2.96. The molecule has 106 valence electrons. The molecule has 0 saturated heterocycles. The number of nitrogens with two attached hydrogens (primary N) is 1. The number of rotatable bonds is 4. The lowest BCUT2D eigenvalue weighted by molar-refractivity contribution is 0.690. The predicted octanol–water partition coefficient (Wildman–Crippen LogP) is 4.35. The summed E-state index contributed by atoms with van der Waals surface area (Å²) in [5.74, 6) is 0.513. The van der Waals surface area contributed by atoms with Crippen molar-refractivity contribution in [1.82, 2.24) is 4.98 Å². The molecule has 0 spiro atoms. The van der Waals surface area contributed by atoms with Crippen molar-refractivity contribution >= 4 is 10.9 Å². The van der Waals surface area contributed by atoms with Crippen LogP contribution in [0.4, 0.5) is 0 Å². The molecule has 2 heteroatoms. The van der Waals surface area contributed by atoms with E-state index in [1.807, 2.05) is 24.4 Å². The van der Waals surface area contributed by atoms with E-state index in [9.17, 15) is 0 Å². The van der Waals surface area contributed by atoms with Crippen LogP contribution in [0, 0.1) is 0 Å². The van der Waals surface area contributed by atoms with E-state index in [2.05, 4.69) is 48.3 Å². The van der Waals surface area contributed by atoms with E-state index < -0.39 is 0 Å². The fraction of sp³-hybridized carbons (Fsp3) is 0.211. The molecule has 0 aliphatic carbocycles. The van der Waals surface area contributed by atoms with Crippen molar-refractivity contribution < 1.29 is 0 Å². The van der Waals surface area contributed by atoms with Gasteiger partial charge in [0.05, 0.1) is 5.52 Å². The maximum absolute atomic E-state index is 5.63. The first-order chi connectivity index (χ1) is 10.3. The molecular formula is C19H20N2. The molecule has 1 heterocycles. The molecule has 0 saturated carbocycles. The molecular weight excluding hydrogens is 256 g/mol. The van der Waals surface area contributed by atoms with Gasteiger partial charge < -0.3 is 5.73 Å². The number of hydrogen-bond acceptors (Lipinski definition) is 2. The van der Waals surface area contributed by atoms with Crippen LogP contribution in [0.2, 0.25) is 0 Å². The van der Waals surface area contributed by atoms with Gasteiger partial charge in [0.15, 0.2) is 0 Å². The molecule has 0 radical (unpaired) electrons. The lowest BCUT2D eigenvalue weighted by Crippen LogP contribution is -2.04. The summed E-state index contributed by atoms with van der Waals surface area (Å²) < 4.78 is 0. The highest BCUT2D eigenvalue weighted by Gasteiger charge is 2.05. The summed E-state index contributed by atoms with van der Waals surface area (Å²) in [4.78, 5) is 4.53. The minimum atomic E-state index is 0.513. The van der Waals surface area contributed by atoms with Crippen molar-refractivity contribution in [1.29, 1.82) is 0 Å². The molecule has 2 nitrogen and oxygen atoms in total. The van der Waals surface area contributed by atoms with Crippen LogP contribution in [0.1, 0.15) is 24.8 Å². The highest BCUT2D eigenvalue weighted by atomic mass is 14.6. The SMILES string of the molecule is CC(CCN)c1ccc(-c2cnc3ccccc3c2)cc1. The van der Waals surface area contributed by atoms with Gasteiger partial charge in [-0.1, -0.05) is 49.4 Å². The van der Waals surface area contributed by atoms with Crippen LogP contribution < -0.4 is 5.73 Å². The number of fused-ring (bicyclic) bond motifs is 1. The van der Waals surface area contributed by atoms with Crippen LogP contribution in [-0.4, -0.2) is 11.5 Å². The number of hydrogen-bond donors (Lipinski definition) is 1. The van der Waals surface area contributed by atoms with Crippen molar-refractivity contribution in [2.24, 2.45) is 5.73 Å². The van der Waals surface area contributed by atoms with Crippen molar-refractivity contribution in [2.45, 2.75) is 19.3 Å². The second-order valence-corrected chi connectivity index (χ2v) is 5.52. The second-order valence-electron chi connectivity index (χ2n) is 5.52. The van der Waals surface area contributed by atoms with Crippen molar-refractivity contribution in [3.8, 4) is 11.1 Å². The van der Waals surface area contributed by atoms with E-state index in [1.54, 1.807) is 0 Å². The second kappa shape index (κ2) is 6.06. The smallest absolute Gasteiger partial charge is 0.0702 e. The topological polar surface area (TPSA) is 38.9 Å². The Balaban J connectivity index is 1.91. The molecule has 0 aliphatic heterocycles. The van der Waals surface area contributed by atoms with Gasteiger partial charge in [0.2, 0.25) is 0 Å². The van der Waals surface area contributed by atoms with E-state index >= 15 is 0 Å². The molecule has 1 atom stereocenters. The van der Waals surface area contributed by atoms with E-state index in [0.717, 1.165) is 24.0 Å². The zero-order valence-corrected chi connectivity index (χ0v) is 12.3. The Bertz CT molecular complexity index is 732. The van der Waals surface area contributed by atoms with Gasteiger partial charge in [-0.15, -0.1) is 0 Å². The number of pyridine rings is 1. The van der Waals surface area contributed by atoms with Gasteiger partial charge in [-0.25, -0.2) is 0 Å². The average molecular weight is 276 g/mol. The maximum atomic E-state index is 5.63. The van der Waals surface area contributed by atoms with Gasteiger partial charge in [-0.3, -0.25) is 4.98 Å². The number of para-hydroxylation sites is 1. The zero-order valence-electron chi connectivity index (χ0n) is 12.3. The molecule has 0 bridgehead atoms. The maximum Gasteiger partial charge on any atom is 0.0702 e. The molecule has 1 aromatic heterocycles. The Hall–Kier alpha value is -2.19. The van der Waals surface area contributed by atoms with Crippen LogP contribution >= 0.6 is 0 Å². The Labute approximate surface area is 125 Å². The molecule has 0 fully saturated rings. The van der Waals surface area contributed by atoms with Gasteiger partial charge >= 0.3 is 0 Å². The van der Waals surface area contributed by atoms with E-state index in [-0.39, 0.29) is 0 Å². The molecule has 3 aromatic rings. The highest BCUT2D eigenvalue weighted by Crippen LogP contribution is 2.25. The first kappa shape index (κ1) is 13.8. The van der Waals surface area contributed by atoms with Crippen LogP contribution in [0.15, 0.2) is 60.8 Å². The fourth-order valence-electron chi connectivity index (χ4n) is 2.65. The largest absolute Gasteiger partial charge is 0.330 e. The van der Waals surface area contributed by atoms with Gasteiger partial charge in [0.1, 0.15) is 0 Å². The molecule has 0 amide bonds. The summed E-state index contributed by atoms with van der Waals surface area (Å²) in [6.07, 6.45) is 2.97. The summed E-state index contributed by atoms with van der Waals surface area (Å²) in [5, 5.41) is 1.18. The number of aromatic nitrogens is 1. The van der Waals surface area contributed by atoms with E-state index in [4.69, 9.17) is 5.73 Å². The van der Waals surface area contributed by atoms with Crippen LogP contribution in [0.25, 0.3) is 22.0 Å². The summed E-state index contributed by atoms with van der Waals surface area (Å²) in [6, 6.07) is 19.1. The first-order valence-electron chi connectivity index (χ1n) is 7.43. The monoisotopic (exact) mass is 276 g/mol. The minimum absolute atomic E-state index is 0.513. The average Bonchev–Trinajstić information content (AvgIpc) is 2.55. The predicted molar refractivity (Wildman–Crippen MR) is 89.3 cm³/mol. The molecule has 1 unspecified atom stereocenters. The van der Waals surface area contributed by atoms with Gasteiger partial charge in [0, 0.05) is 17.1 Å². The fourth-order valence-corrected chi connectivity index (χ4v) is 2.65. The third-order valence-corrected chi connectivity index (χ3v) is 4.00. The van der Waals surface area contributed by atoms with Gasteiger partial charge in [0.25, 0.3) is 0 Å². The minimum Gasteiger partial charge on any atom is -0.330 e. The Morgan fingerprint density at radius 1 is 1.00 bits per heavy atom. The third-order valence-electron chi connectivity index (χ3n) is 4.00. The lowest BCUT2D eigenvalue weighted by atomic mass is 9.95. The number of nitrogens with zero attached hydrogens (tertiary/aromatic N) is 1. The summed E-state index contributed by atoms with van der Waals surface area (Å²) in [7, 11) is 0. The normalized spacial score (nSPS) is 12.5. The summed E-state index contributed by atoms with van der Waals surface area (Å²) in [5.41, 5.74) is 10.4.